The molecule has 1 aromatic heterocycles. The number of ketones is 1. The molecule has 1 aliphatic rings. The standard InChI is InChI=1S/C13H21N3O/c1-9-13(11(3)17)10(2)16(14-9)12-6-5-7-15(4)8-12/h12H,5-8H2,1-4H3. The first-order valence-electron chi connectivity index (χ1n) is 6.26. The van der Waals surface area contributed by atoms with Crippen LogP contribution in [-0.4, -0.2) is 40.6 Å². The minimum absolute atomic E-state index is 0.121. The highest BCUT2D eigenvalue weighted by atomic mass is 16.1. The van der Waals surface area contributed by atoms with Gasteiger partial charge in [-0.05, 0) is 47.2 Å². The SMILES string of the molecule is CC(=O)c1c(C)nn(C2CCCN(C)C2)c1C. The summed E-state index contributed by atoms with van der Waals surface area (Å²) in [5.41, 5.74) is 2.69. The topological polar surface area (TPSA) is 38.1 Å². The van der Waals surface area contributed by atoms with Gasteiger partial charge in [0.2, 0.25) is 0 Å². The number of hydrogen-bond acceptors (Lipinski definition) is 3. The molecule has 2 heterocycles. The monoisotopic (exact) mass is 235 g/mol. The van der Waals surface area contributed by atoms with Crippen molar-refractivity contribution in [2.75, 3.05) is 20.1 Å². The number of carbonyl (C=O) groups excluding carboxylic acids is 1. The molecule has 1 unspecified atom stereocenters. The molecule has 0 radical (unpaired) electrons. The predicted molar refractivity (Wildman–Crippen MR) is 67.5 cm³/mol. The van der Waals surface area contributed by atoms with E-state index < -0.39 is 0 Å². The maximum absolute atomic E-state index is 11.6. The Kier molecular flexibility index (Phi) is 3.33. The van der Waals surface area contributed by atoms with Gasteiger partial charge < -0.3 is 4.90 Å². The zero-order valence-corrected chi connectivity index (χ0v) is 11.2. The van der Waals surface area contributed by atoms with Gasteiger partial charge in [0.1, 0.15) is 0 Å². The summed E-state index contributed by atoms with van der Waals surface area (Å²) >= 11 is 0. The number of hydrogen-bond donors (Lipinski definition) is 0. The van der Waals surface area contributed by atoms with Gasteiger partial charge in [-0.15, -0.1) is 0 Å². The van der Waals surface area contributed by atoms with Gasteiger partial charge in [0, 0.05) is 12.2 Å². The minimum Gasteiger partial charge on any atom is -0.304 e. The second kappa shape index (κ2) is 4.61. The third-order valence-electron chi connectivity index (χ3n) is 3.62. The molecule has 4 nitrogen and oxygen atoms in total. The predicted octanol–water partition coefficient (Wildman–Crippen LogP) is 1.97. The number of carbonyl (C=O) groups is 1. The highest BCUT2D eigenvalue weighted by molar-refractivity contribution is 5.96. The number of rotatable bonds is 2. The summed E-state index contributed by atoms with van der Waals surface area (Å²) in [6.45, 7) is 7.74. The number of aromatic nitrogens is 2. The molecule has 1 fully saturated rings. The molecule has 1 aliphatic heterocycles. The van der Waals surface area contributed by atoms with Gasteiger partial charge >= 0.3 is 0 Å². The lowest BCUT2D eigenvalue weighted by atomic mass is 10.1. The van der Waals surface area contributed by atoms with Crippen molar-refractivity contribution in [3.05, 3.63) is 17.0 Å². The number of nitrogens with zero attached hydrogens (tertiary/aromatic N) is 3. The first-order chi connectivity index (χ1) is 8.00. The Morgan fingerprint density at radius 2 is 2.12 bits per heavy atom. The number of aryl methyl sites for hydroxylation is 1. The van der Waals surface area contributed by atoms with Crippen LogP contribution in [0.3, 0.4) is 0 Å². The van der Waals surface area contributed by atoms with E-state index in [1.54, 1.807) is 6.92 Å². The van der Waals surface area contributed by atoms with Crippen LogP contribution in [0.2, 0.25) is 0 Å². The molecule has 1 atom stereocenters. The van der Waals surface area contributed by atoms with Crippen LogP contribution in [0.5, 0.6) is 0 Å². The molecule has 2 rings (SSSR count). The summed E-state index contributed by atoms with van der Waals surface area (Å²) in [7, 11) is 2.14. The lowest BCUT2D eigenvalue weighted by Gasteiger charge is -2.30. The molecular formula is C13H21N3O. The van der Waals surface area contributed by atoms with Crippen molar-refractivity contribution in [3.63, 3.8) is 0 Å². The second-order valence-electron chi connectivity index (χ2n) is 5.10. The molecule has 4 heteroatoms. The van der Waals surface area contributed by atoms with Gasteiger partial charge in [0.15, 0.2) is 5.78 Å². The Morgan fingerprint density at radius 3 is 2.65 bits per heavy atom. The smallest absolute Gasteiger partial charge is 0.163 e. The van der Waals surface area contributed by atoms with E-state index in [1.165, 1.54) is 6.42 Å². The van der Waals surface area contributed by atoms with Crippen LogP contribution in [-0.2, 0) is 0 Å². The first-order valence-corrected chi connectivity index (χ1v) is 6.26. The molecule has 0 N–H and O–H groups in total. The quantitative estimate of drug-likeness (QED) is 0.736. The molecule has 0 bridgehead atoms. The van der Waals surface area contributed by atoms with E-state index in [2.05, 4.69) is 21.7 Å². The summed E-state index contributed by atoms with van der Waals surface area (Å²) in [5, 5.41) is 4.56. The summed E-state index contributed by atoms with van der Waals surface area (Å²) in [6.07, 6.45) is 2.36. The zero-order chi connectivity index (χ0) is 12.6. The first kappa shape index (κ1) is 12.3. The van der Waals surface area contributed by atoms with Crippen molar-refractivity contribution in [1.29, 1.82) is 0 Å². The Bertz CT molecular complexity index is 436. The summed E-state index contributed by atoms with van der Waals surface area (Å²) in [5.74, 6) is 0.121. The van der Waals surface area contributed by atoms with Crippen LogP contribution in [0.25, 0.3) is 0 Å². The Morgan fingerprint density at radius 1 is 1.41 bits per heavy atom. The molecular weight excluding hydrogens is 214 g/mol. The van der Waals surface area contributed by atoms with Crippen LogP contribution >= 0.6 is 0 Å². The van der Waals surface area contributed by atoms with E-state index >= 15 is 0 Å². The van der Waals surface area contributed by atoms with E-state index in [9.17, 15) is 4.79 Å². The Labute approximate surface area is 103 Å². The van der Waals surface area contributed by atoms with E-state index in [4.69, 9.17) is 0 Å². The van der Waals surface area contributed by atoms with Crippen molar-refractivity contribution < 1.29 is 4.79 Å². The van der Waals surface area contributed by atoms with Gasteiger partial charge in [-0.1, -0.05) is 0 Å². The van der Waals surface area contributed by atoms with E-state index in [0.29, 0.717) is 6.04 Å². The van der Waals surface area contributed by atoms with E-state index in [-0.39, 0.29) is 5.78 Å². The molecule has 1 saturated heterocycles. The number of likely N-dealkylation sites (tertiary alicyclic amines) is 1. The van der Waals surface area contributed by atoms with Gasteiger partial charge in [0.25, 0.3) is 0 Å². The normalized spacial score (nSPS) is 21.8. The zero-order valence-electron chi connectivity index (χ0n) is 11.2. The minimum atomic E-state index is 0.121. The van der Waals surface area contributed by atoms with Crippen molar-refractivity contribution in [1.82, 2.24) is 14.7 Å². The highest BCUT2D eigenvalue weighted by Crippen LogP contribution is 2.24. The fourth-order valence-electron chi connectivity index (χ4n) is 2.87. The number of likely N-dealkylation sites (N-methyl/N-ethyl adjacent to an activating group) is 1. The fourth-order valence-corrected chi connectivity index (χ4v) is 2.87. The lowest BCUT2D eigenvalue weighted by Crippen LogP contribution is -2.34. The van der Waals surface area contributed by atoms with Crippen LogP contribution in [0.1, 0.15) is 47.6 Å². The van der Waals surface area contributed by atoms with Crippen molar-refractivity contribution >= 4 is 5.78 Å². The summed E-state index contributed by atoms with van der Waals surface area (Å²) in [4.78, 5) is 13.9. The van der Waals surface area contributed by atoms with Gasteiger partial charge in [-0.2, -0.15) is 5.10 Å². The lowest BCUT2D eigenvalue weighted by molar-refractivity contribution is 0.101. The maximum atomic E-state index is 11.6. The van der Waals surface area contributed by atoms with Crippen molar-refractivity contribution in [3.8, 4) is 0 Å². The highest BCUT2D eigenvalue weighted by Gasteiger charge is 2.24. The molecule has 0 amide bonds. The average Bonchev–Trinajstić information content (AvgIpc) is 2.54. The fraction of sp³-hybridized carbons (Fsp3) is 0.692. The van der Waals surface area contributed by atoms with Crippen molar-refractivity contribution in [2.45, 2.75) is 39.7 Å². The Balaban J connectivity index is 2.33. The molecule has 1 aromatic rings. The van der Waals surface area contributed by atoms with Crippen LogP contribution in [0, 0.1) is 13.8 Å². The maximum Gasteiger partial charge on any atom is 0.163 e. The summed E-state index contributed by atoms with van der Waals surface area (Å²) in [6, 6.07) is 0.417. The number of piperidine rings is 1. The molecule has 0 saturated carbocycles. The Hall–Kier alpha value is -1.16. The number of Topliss-reactive ketones (excluding diaryl/α,β-unsaturated/α-hetero) is 1. The van der Waals surface area contributed by atoms with Gasteiger partial charge in [-0.3, -0.25) is 9.48 Å². The third kappa shape index (κ3) is 2.27. The molecule has 0 aliphatic carbocycles. The molecule has 94 valence electrons. The van der Waals surface area contributed by atoms with E-state index in [0.717, 1.165) is 36.5 Å². The van der Waals surface area contributed by atoms with E-state index in [1.807, 2.05) is 13.8 Å². The molecule has 0 spiro atoms. The van der Waals surface area contributed by atoms with Gasteiger partial charge in [-0.25, -0.2) is 0 Å². The third-order valence-corrected chi connectivity index (χ3v) is 3.62. The molecule has 17 heavy (non-hydrogen) atoms. The second-order valence-corrected chi connectivity index (χ2v) is 5.10. The van der Waals surface area contributed by atoms with Crippen LogP contribution < -0.4 is 0 Å². The van der Waals surface area contributed by atoms with Crippen molar-refractivity contribution in [2.24, 2.45) is 0 Å². The van der Waals surface area contributed by atoms with Crippen LogP contribution in [0.4, 0.5) is 0 Å². The molecule has 0 aromatic carbocycles. The average molecular weight is 235 g/mol. The summed E-state index contributed by atoms with van der Waals surface area (Å²) < 4.78 is 2.06. The largest absolute Gasteiger partial charge is 0.304 e. The van der Waals surface area contributed by atoms with Gasteiger partial charge in [0.05, 0.1) is 17.3 Å². The van der Waals surface area contributed by atoms with Crippen LogP contribution in [0.15, 0.2) is 0 Å².